The van der Waals surface area contributed by atoms with E-state index in [0.29, 0.717) is 23.9 Å². The Bertz CT molecular complexity index is 337. The number of hydrogen-bond acceptors (Lipinski definition) is 3. The summed E-state index contributed by atoms with van der Waals surface area (Å²) in [6.07, 6.45) is 1.60. The van der Waals surface area contributed by atoms with Gasteiger partial charge in [0, 0.05) is 12.7 Å². The molecule has 1 heterocycles. The van der Waals surface area contributed by atoms with Gasteiger partial charge in [0.25, 0.3) is 5.91 Å². The van der Waals surface area contributed by atoms with E-state index in [4.69, 9.17) is 4.74 Å². The molecule has 0 spiro atoms. The van der Waals surface area contributed by atoms with Crippen LogP contribution in [-0.4, -0.2) is 24.5 Å². The summed E-state index contributed by atoms with van der Waals surface area (Å²) in [6, 6.07) is 3.41. The molecule has 0 aliphatic rings. The maximum atomic E-state index is 11.7. The number of methoxy groups -OCH3 is 1. The highest BCUT2D eigenvalue weighted by atomic mass is 16.5. The molecule has 4 nitrogen and oxygen atoms in total. The number of hydrogen-bond donors (Lipinski definition) is 1. The maximum absolute atomic E-state index is 11.7. The number of nitrogens with one attached hydrogen (secondary N) is 1. The zero-order chi connectivity index (χ0) is 11.3. The number of ether oxygens (including phenoxy) is 1. The number of amides is 1. The van der Waals surface area contributed by atoms with Crippen molar-refractivity contribution in [2.45, 2.75) is 13.8 Å². The Labute approximate surface area is 89.7 Å². The Morgan fingerprint density at radius 3 is 2.93 bits per heavy atom. The monoisotopic (exact) mass is 208 g/mol. The normalized spacial score (nSPS) is 10.1. The maximum Gasteiger partial charge on any atom is 0.256 e. The van der Waals surface area contributed by atoms with E-state index >= 15 is 0 Å². The molecule has 0 bridgehead atoms. The van der Waals surface area contributed by atoms with Gasteiger partial charge in [0.05, 0.1) is 7.11 Å². The highest BCUT2D eigenvalue weighted by Gasteiger charge is 2.12. The molecule has 0 atom stereocenters. The highest BCUT2D eigenvalue weighted by molar-refractivity contribution is 5.96. The van der Waals surface area contributed by atoms with Crippen LogP contribution in [0.4, 0.5) is 0 Å². The summed E-state index contributed by atoms with van der Waals surface area (Å²) in [6.45, 7) is 4.73. The van der Waals surface area contributed by atoms with Gasteiger partial charge in [-0.3, -0.25) is 4.79 Å². The molecule has 0 fully saturated rings. The van der Waals surface area contributed by atoms with Crippen LogP contribution in [0.5, 0.6) is 5.88 Å². The van der Waals surface area contributed by atoms with Crippen molar-refractivity contribution >= 4 is 5.91 Å². The van der Waals surface area contributed by atoms with Gasteiger partial charge in [-0.1, -0.05) is 13.8 Å². The second-order valence-corrected chi connectivity index (χ2v) is 3.66. The van der Waals surface area contributed by atoms with Crippen molar-refractivity contribution in [3.63, 3.8) is 0 Å². The largest absolute Gasteiger partial charge is 0.480 e. The van der Waals surface area contributed by atoms with Crippen molar-refractivity contribution < 1.29 is 9.53 Å². The van der Waals surface area contributed by atoms with E-state index in [2.05, 4.69) is 10.3 Å². The molecule has 1 amide bonds. The fourth-order valence-electron chi connectivity index (χ4n) is 1.12. The molecule has 0 unspecified atom stereocenters. The summed E-state index contributed by atoms with van der Waals surface area (Å²) in [4.78, 5) is 15.7. The number of aromatic nitrogens is 1. The Hall–Kier alpha value is -1.58. The van der Waals surface area contributed by atoms with Crippen LogP contribution in [0.15, 0.2) is 18.3 Å². The van der Waals surface area contributed by atoms with Gasteiger partial charge < -0.3 is 10.1 Å². The van der Waals surface area contributed by atoms with E-state index in [1.807, 2.05) is 13.8 Å². The molecule has 1 N–H and O–H groups in total. The van der Waals surface area contributed by atoms with Crippen LogP contribution < -0.4 is 10.1 Å². The Morgan fingerprint density at radius 1 is 1.60 bits per heavy atom. The molecule has 0 aliphatic heterocycles. The lowest BCUT2D eigenvalue weighted by molar-refractivity contribution is 0.0945. The molecule has 0 aliphatic carbocycles. The molecule has 82 valence electrons. The molecule has 1 rings (SSSR count). The lowest BCUT2D eigenvalue weighted by atomic mass is 10.2. The number of nitrogens with zero attached hydrogens (tertiary/aromatic N) is 1. The molecule has 15 heavy (non-hydrogen) atoms. The second-order valence-electron chi connectivity index (χ2n) is 3.66. The quantitative estimate of drug-likeness (QED) is 0.815. The zero-order valence-electron chi connectivity index (χ0n) is 9.28. The van der Waals surface area contributed by atoms with Gasteiger partial charge in [0.15, 0.2) is 0 Å². The third-order valence-corrected chi connectivity index (χ3v) is 1.88. The summed E-state index contributed by atoms with van der Waals surface area (Å²) in [5.74, 6) is 0.643. The topological polar surface area (TPSA) is 51.2 Å². The van der Waals surface area contributed by atoms with Gasteiger partial charge in [-0.25, -0.2) is 4.98 Å². The Kier molecular flexibility index (Phi) is 4.09. The van der Waals surface area contributed by atoms with Gasteiger partial charge in [0.1, 0.15) is 5.56 Å². The molecule has 1 aromatic heterocycles. The number of carbonyl (C=O) groups excluding carboxylic acids is 1. The fourth-order valence-corrected chi connectivity index (χ4v) is 1.12. The lowest BCUT2D eigenvalue weighted by Gasteiger charge is -2.09. The van der Waals surface area contributed by atoms with Crippen LogP contribution in [0.1, 0.15) is 24.2 Å². The van der Waals surface area contributed by atoms with Crippen LogP contribution in [0.3, 0.4) is 0 Å². The second kappa shape index (κ2) is 5.34. The van der Waals surface area contributed by atoms with Gasteiger partial charge in [-0.05, 0) is 18.1 Å². The molecule has 0 aromatic carbocycles. The molecular weight excluding hydrogens is 192 g/mol. The number of pyridine rings is 1. The van der Waals surface area contributed by atoms with Crippen molar-refractivity contribution in [1.82, 2.24) is 10.3 Å². The highest BCUT2D eigenvalue weighted by Crippen LogP contribution is 2.12. The third-order valence-electron chi connectivity index (χ3n) is 1.88. The van der Waals surface area contributed by atoms with Crippen molar-refractivity contribution in [2.75, 3.05) is 13.7 Å². The first-order chi connectivity index (χ1) is 7.15. The molecular formula is C11H16N2O2. The van der Waals surface area contributed by atoms with E-state index in [-0.39, 0.29) is 5.91 Å². The van der Waals surface area contributed by atoms with Gasteiger partial charge in [0.2, 0.25) is 5.88 Å². The van der Waals surface area contributed by atoms with Gasteiger partial charge in [-0.15, -0.1) is 0 Å². The van der Waals surface area contributed by atoms with Crippen molar-refractivity contribution in [1.29, 1.82) is 0 Å². The summed E-state index contributed by atoms with van der Waals surface area (Å²) in [5.41, 5.74) is 0.473. The molecule has 4 heteroatoms. The Morgan fingerprint density at radius 2 is 2.33 bits per heavy atom. The van der Waals surface area contributed by atoms with E-state index in [1.54, 1.807) is 18.3 Å². The first-order valence-corrected chi connectivity index (χ1v) is 4.92. The lowest BCUT2D eigenvalue weighted by Crippen LogP contribution is -2.27. The van der Waals surface area contributed by atoms with E-state index < -0.39 is 0 Å². The van der Waals surface area contributed by atoms with Crippen molar-refractivity contribution in [3.8, 4) is 5.88 Å². The number of carbonyl (C=O) groups is 1. The minimum atomic E-state index is -0.145. The number of rotatable bonds is 4. The van der Waals surface area contributed by atoms with Crippen LogP contribution in [0.2, 0.25) is 0 Å². The van der Waals surface area contributed by atoms with Crippen molar-refractivity contribution in [2.24, 2.45) is 5.92 Å². The zero-order valence-corrected chi connectivity index (χ0v) is 9.28. The molecule has 0 saturated carbocycles. The Balaban J connectivity index is 2.72. The van der Waals surface area contributed by atoms with Crippen LogP contribution in [-0.2, 0) is 0 Å². The van der Waals surface area contributed by atoms with Crippen LogP contribution in [0, 0.1) is 5.92 Å². The average Bonchev–Trinajstić information content (AvgIpc) is 2.25. The summed E-state index contributed by atoms with van der Waals surface area (Å²) < 4.78 is 5.00. The summed E-state index contributed by atoms with van der Waals surface area (Å²) in [5, 5.41) is 2.81. The smallest absolute Gasteiger partial charge is 0.256 e. The van der Waals surface area contributed by atoms with Crippen LogP contribution in [0.25, 0.3) is 0 Å². The summed E-state index contributed by atoms with van der Waals surface area (Å²) >= 11 is 0. The van der Waals surface area contributed by atoms with Gasteiger partial charge in [-0.2, -0.15) is 0 Å². The first kappa shape index (κ1) is 11.5. The minimum absolute atomic E-state index is 0.145. The van der Waals surface area contributed by atoms with Crippen molar-refractivity contribution in [3.05, 3.63) is 23.9 Å². The fraction of sp³-hybridized carbons (Fsp3) is 0.455. The molecule has 0 saturated heterocycles. The average molecular weight is 208 g/mol. The molecule has 0 radical (unpaired) electrons. The predicted octanol–water partition coefficient (Wildman–Crippen LogP) is 1.48. The van der Waals surface area contributed by atoms with Crippen LogP contribution >= 0.6 is 0 Å². The van der Waals surface area contributed by atoms with Gasteiger partial charge >= 0.3 is 0 Å². The summed E-state index contributed by atoms with van der Waals surface area (Å²) in [7, 11) is 1.50. The molecule has 1 aromatic rings. The minimum Gasteiger partial charge on any atom is -0.480 e. The SMILES string of the molecule is COc1ncccc1C(=O)NCC(C)C. The third kappa shape index (κ3) is 3.23. The van der Waals surface area contributed by atoms with E-state index in [0.717, 1.165) is 0 Å². The first-order valence-electron chi connectivity index (χ1n) is 4.92. The predicted molar refractivity (Wildman–Crippen MR) is 58.0 cm³/mol. The van der Waals surface area contributed by atoms with E-state index in [1.165, 1.54) is 7.11 Å². The standard InChI is InChI=1S/C11H16N2O2/c1-8(2)7-13-10(14)9-5-4-6-12-11(9)15-3/h4-6,8H,7H2,1-3H3,(H,13,14). The van der Waals surface area contributed by atoms with E-state index in [9.17, 15) is 4.79 Å².